The molecule has 0 radical (unpaired) electrons. The van der Waals surface area contributed by atoms with E-state index < -0.39 is 21.1 Å². The van der Waals surface area contributed by atoms with Gasteiger partial charge in [0.05, 0.1) is 22.9 Å². The third kappa shape index (κ3) is 2.95. The van der Waals surface area contributed by atoms with Crippen LogP contribution in [-0.4, -0.2) is 42.0 Å². The molecule has 0 saturated carbocycles. The molecule has 1 aliphatic heterocycles. The van der Waals surface area contributed by atoms with Gasteiger partial charge in [0.15, 0.2) is 9.84 Å². The van der Waals surface area contributed by atoms with Gasteiger partial charge in [-0.05, 0) is 18.9 Å². The van der Waals surface area contributed by atoms with Crippen LogP contribution >= 0.6 is 0 Å². The lowest BCUT2D eigenvalue weighted by molar-refractivity contribution is 0.0697. The first-order valence-corrected chi connectivity index (χ1v) is 7.56. The summed E-state index contributed by atoms with van der Waals surface area (Å²) in [5, 5.41) is 11.3. The maximum atomic E-state index is 11.7. The van der Waals surface area contributed by atoms with Crippen molar-refractivity contribution in [3.8, 4) is 0 Å². The Kier molecular flexibility index (Phi) is 3.61. The van der Waals surface area contributed by atoms with Crippen molar-refractivity contribution in [2.24, 2.45) is 0 Å². The van der Waals surface area contributed by atoms with Crippen LogP contribution in [0, 0.1) is 0 Å². The van der Waals surface area contributed by atoms with Gasteiger partial charge in [0.25, 0.3) is 0 Å². The van der Waals surface area contributed by atoms with Crippen LogP contribution in [0.15, 0.2) is 12.3 Å². The summed E-state index contributed by atoms with van der Waals surface area (Å²) >= 11 is 0. The number of nitrogen functional groups attached to an aromatic ring is 1. The number of nitrogens with one attached hydrogen (secondary N) is 1. The van der Waals surface area contributed by atoms with E-state index in [0.29, 0.717) is 12.8 Å². The zero-order valence-corrected chi connectivity index (χ0v) is 11.0. The van der Waals surface area contributed by atoms with Crippen molar-refractivity contribution in [1.29, 1.82) is 0 Å². The third-order valence-electron chi connectivity index (χ3n) is 3.10. The first kappa shape index (κ1) is 13.6. The van der Waals surface area contributed by atoms with Crippen LogP contribution in [0.25, 0.3) is 0 Å². The number of sulfone groups is 1. The van der Waals surface area contributed by atoms with Gasteiger partial charge in [-0.1, -0.05) is 0 Å². The fourth-order valence-corrected chi connectivity index (χ4v) is 3.85. The molecule has 104 valence electrons. The van der Waals surface area contributed by atoms with Gasteiger partial charge in [-0.3, -0.25) is 0 Å². The lowest BCUT2D eigenvalue weighted by Crippen LogP contribution is -2.26. The van der Waals surface area contributed by atoms with E-state index in [1.165, 1.54) is 12.3 Å². The van der Waals surface area contributed by atoms with Crippen molar-refractivity contribution in [3.05, 3.63) is 17.8 Å². The molecular formula is C11H15N3O4S. The van der Waals surface area contributed by atoms with E-state index in [0.717, 1.165) is 0 Å². The summed E-state index contributed by atoms with van der Waals surface area (Å²) < 4.78 is 23.3. The number of nitrogens with two attached hydrogens (primary N) is 1. The number of rotatable bonds is 4. The van der Waals surface area contributed by atoms with E-state index in [4.69, 9.17) is 10.8 Å². The maximum Gasteiger partial charge on any atom is 0.339 e. The second-order valence-corrected chi connectivity index (χ2v) is 6.88. The van der Waals surface area contributed by atoms with Gasteiger partial charge in [0, 0.05) is 6.54 Å². The number of carbonyl (C=O) groups is 1. The maximum absolute atomic E-state index is 11.7. The third-order valence-corrected chi connectivity index (χ3v) is 5.38. The first-order chi connectivity index (χ1) is 8.90. The highest BCUT2D eigenvalue weighted by atomic mass is 32.2. The topological polar surface area (TPSA) is 122 Å². The summed E-state index contributed by atoms with van der Waals surface area (Å²) in [5.41, 5.74) is 5.66. The lowest BCUT2D eigenvalue weighted by atomic mass is 10.2. The summed E-state index contributed by atoms with van der Waals surface area (Å²) in [6.07, 6.45) is 2.57. The van der Waals surface area contributed by atoms with Gasteiger partial charge in [0.2, 0.25) is 0 Å². The molecule has 7 nitrogen and oxygen atoms in total. The number of aromatic carboxylic acids is 1. The molecule has 2 rings (SSSR count). The molecule has 19 heavy (non-hydrogen) atoms. The molecule has 1 atom stereocenters. The molecule has 1 aliphatic rings. The van der Waals surface area contributed by atoms with E-state index in [1.807, 2.05) is 0 Å². The van der Waals surface area contributed by atoms with Gasteiger partial charge >= 0.3 is 5.97 Å². The standard InChI is InChI=1S/C11H15N3O4S/c12-7-4-9(11(15)16)10(13-5-7)14-6-8-2-1-3-19(8,17)18/h4-5,8H,1-3,6,12H2,(H,13,14)(H,15,16). The van der Waals surface area contributed by atoms with Gasteiger partial charge < -0.3 is 16.2 Å². The fraction of sp³-hybridized carbons (Fsp3) is 0.455. The highest BCUT2D eigenvalue weighted by Crippen LogP contribution is 2.21. The van der Waals surface area contributed by atoms with Crippen molar-refractivity contribution in [3.63, 3.8) is 0 Å². The first-order valence-electron chi connectivity index (χ1n) is 5.84. The van der Waals surface area contributed by atoms with Crippen LogP contribution < -0.4 is 11.1 Å². The second-order valence-electron chi connectivity index (χ2n) is 4.48. The van der Waals surface area contributed by atoms with Gasteiger partial charge in [-0.15, -0.1) is 0 Å². The summed E-state index contributed by atoms with van der Waals surface area (Å²) in [5.74, 6) is -0.819. The highest BCUT2D eigenvalue weighted by molar-refractivity contribution is 7.92. The summed E-state index contributed by atoms with van der Waals surface area (Å²) in [6, 6.07) is 1.29. The second kappa shape index (κ2) is 5.04. The molecule has 0 aromatic carbocycles. The van der Waals surface area contributed by atoms with Crippen molar-refractivity contribution in [2.45, 2.75) is 18.1 Å². The molecule has 1 fully saturated rings. The molecule has 0 spiro atoms. The van der Waals surface area contributed by atoms with Crippen molar-refractivity contribution in [1.82, 2.24) is 4.98 Å². The average Bonchev–Trinajstić information content (AvgIpc) is 2.66. The number of hydrogen-bond acceptors (Lipinski definition) is 6. The number of hydrogen-bond donors (Lipinski definition) is 3. The summed E-state index contributed by atoms with van der Waals surface area (Å²) in [7, 11) is -3.06. The quantitative estimate of drug-likeness (QED) is 0.729. The minimum absolute atomic E-state index is 0.0598. The van der Waals surface area contributed by atoms with Crippen LogP contribution in [0.1, 0.15) is 23.2 Å². The predicted molar refractivity (Wildman–Crippen MR) is 70.9 cm³/mol. The Morgan fingerprint density at radius 3 is 2.89 bits per heavy atom. The van der Waals surface area contributed by atoms with E-state index in [2.05, 4.69) is 10.3 Å². The monoisotopic (exact) mass is 285 g/mol. The Balaban J connectivity index is 2.14. The van der Waals surface area contributed by atoms with E-state index >= 15 is 0 Å². The zero-order valence-electron chi connectivity index (χ0n) is 10.2. The highest BCUT2D eigenvalue weighted by Gasteiger charge is 2.31. The lowest BCUT2D eigenvalue weighted by Gasteiger charge is -2.13. The molecule has 1 aromatic rings. The number of nitrogens with zero attached hydrogens (tertiary/aromatic N) is 1. The molecule has 0 aliphatic carbocycles. The Morgan fingerprint density at radius 2 is 2.32 bits per heavy atom. The van der Waals surface area contributed by atoms with Crippen LogP contribution in [0.4, 0.5) is 11.5 Å². The number of pyridine rings is 1. The van der Waals surface area contributed by atoms with Gasteiger partial charge in [-0.25, -0.2) is 18.2 Å². The number of carboxylic acid groups (broad SMARTS) is 1. The number of aromatic nitrogens is 1. The van der Waals surface area contributed by atoms with Crippen molar-refractivity contribution >= 4 is 27.3 Å². The normalized spacial score (nSPS) is 21.2. The summed E-state index contributed by atoms with van der Waals surface area (Å²) in [4.78, 5) is 14.9. The molecule has 4 N–H and O–H groups in total. The zero-order chi connectivity index (χ0) is 14.0. The van der Waals surface area contributed by atoms with Gasteiger partial charge in [-0.2, -0.15) is 0 Å². The molecule has 0 amide bonds. The minimum Gasteiger partial charge on any atom is -0.478 e. The summed E-state index contributed by atoms with van der Waals surface area (Å²) in [6.45, 7) is 0.166. The van der Waals surface area contributed by atoms with Crippen LogP contribution in [0.5, 0.6) is 0 Å². The Morgan fingerprint density at radius 1 is 1.58 bits per heavy atom. The molecule has 1 saturated heterocycles. The minimum atomic E-state index is -3.06. The number of anilines is 2. The van der Waals surface area contributed by atoms with Crippen LogP contribution in [0.2, 0.25) is 0 Å². The molecule has 0 bridgehead atoms. The smallest absolute Gasteiger partial charge is 0.339 e. The molecule has 2 heterocycles. The SMILES string of the molecule is Nc1cnc(NCC2CCCS2(=O)=O)c(C(=O)O)c1. The fourth-order valence-electron chi connectivity index (χ4n) is 2.08. The molecule has 1 unspecified atom stereocenters. The van der Waals surface area contributed by atoms with E-state index in [9.17, 15) is 13.2 Å². The van der Waals surface area contributed by atoms with E-state index in [1.54, 1.807) is 0 Å². The predicted octanol–water partition coefficient (Wildman–Crippen LogP) is 0.351. The molecular weight excluding hydrogens is 270 g/mol. The van der Waals surface area contributed by atoms with Crippen molar-refractivity contribution < 1.29 is 18.3 Å². The van der Waals surface area contributed by atoms with Crippen LogP contribution in [0.3, 0.4) is 0 Å². The largest absolute Gasteiger partial charge is 0.478 e. The van der Waals surface area contributed by atoms with E-state index in [-0.39, 0.29) is 29.4 Å². The number of carboxylic acids is 1. The average molecular weight is 285 g/mol. The molecule has 8 heteroatoms. The van der Waals surface area contributed by atoms with Crippen molar-refractivity contribution in [2.75, 3.05) is 23.3 Å². The Labute approximate surface area is 110 Å². The van der Waals surface area contributed by atoms with Crippen LogP contribution in [-0.2, 0) is 9.84 Å². The molecule has 1 aromatic heterocycles. The van der Waals surface area contributed by atoms with Gasteiger partial charge in [0.1, 0.15) is 11.4 Å². The Hall–Kier alpha value is -1.83. The Bertz CT molecular complexity index is 600.